The molecule has 5 nitrogen and oxygen atoms in total. The summed E-state index contributed by atoms with van der Waals surface area (Å²) < 4.78 is 4.80. The minimum absolute atomic E-state index is 0.0430. The number of methoxy groups -OCH3 is 1. The maximum Gasteiger partial charge on any atom is 0.343 e. The first-order chi connectivity index (χ1) is 9.90. The van der Waals surface area contributed by atoms with Gasteiger partial charge in [0.15, 0.2) is 5.78 Å². The van der Waals surface area contributed by atoms with Crippen molar-refractivity contribution >= 4 is 33.8 Å². The molecule has 0 saturated heterocycles. The predicted molar refractivity (Wildman–Crippen MR) is 85.0 cm³/mol. The number of hydrogen-bond acceptors (Lipinski definition) is 6. The van der Waals surface area contributed by atoms with E-state index in [2.05, 4.69) is 12.2 Å². The molecule has 1 heterocycles. The Morgan fingerprint density at radius 2 is 2.14 bits per heavy atom. The third-order valence-corrected chi connectivity index (χ3v) is 5.00. The number of nitrogens with one attached hydrogen (secondary N) is 1. The van der Waals surface area contributed by atoms with E-state index in [-0.39, 0.29) is 17.4 Å². The van der Waals surface area contributed by atoms with Gasteiger partial charge in [0.25, 0.3) is 0 Å². The van der Waals surface area contributed by atoms with Crippen LogP contribution in [0.2, 0.25) is 0 Å². The number of carbonyl (C=O) groups excluding carboxylic acids is 2. The zero-order valence-electron chi connectivity index (χ0n) is 12.9. The molecule has 1 aliphatic rings. The van der Waals surface area contributed by atoms with Crippen molar-refractivity contribution in [2.75, 3.05) is 18.2 Å². The molecule has 0 bridgehead atoms. The monoisotopic (exact) mass is 310 g/mol. The van der Waals surface area contributed by atoms with Gasteiger partial charge in [0.05, 0.1) is 17.7 Å². The van der Waals surface area contributed by atoms with Crippen molar-refractivity contribution in [3.63, 3.8) is 0 Å². The van der Waals surface area contributed by atoms with Gasteiger partial charge in [0.1, 0.15) is 10.6 Å². The van der Waals surface area contributed by atoms with Gasteiger partial charge in [-0.1, -0.05) is 27.2 Å². The molecular formula is C15H22N2O3S. The van der Waals surface area contributed by atoms with Crippen LogP contribution in [0.15, 0.2) is 0 Å². The third-order valence-electron chi connectivity index (χ3n) is 3.85. The van der Waals surface area contributed by atoms with E-state index in [1.54, 1.807) is 0 Å². The molecule has 0 amide bonds. The maximum atomic E-state index is 12.2. The molecule has 0 radical (unpaired) electrons. The minimum Gasteiger partial charge on any atom is -0.465 e. The molecule has 116 valence electrons. The summed E-state index contributed by atoms with van der Waals surface area (Å²) in [4.78, 5) is 24.6. The summed E-state index contributed by atoms with van der Waals surface area (Å²) in [5, 5.41) is 4.00. The number of carbonyl (C=O) groups is 2. The van der Waals surface area contributed by atoms with Gasteiger partial charge in [-0.25, -0.2) is 4.79 Å². The normalized spacial score (nSPS) is 20.4. The molecule has 0 spiro atoms. The summed E-state index contributed by atoms with van der Waals surface area (Å²) in [6.45, 7) is 5.78. The van der Waals surface area contributed by atoms with Gasteiger partial charge in [0.2, 0.25) is 0 Å². The van der Waals surface area contributed by atoms with Gasteiger partial charge >= 0.3 is 5.97 Å². The zero-order valence-corrected chi connectivity index (χ0v) is 13.7. The number of ether oxygens (including phenoxy) is 1. The topological polar surface area (TPSA) is 81.4 Å². The van der Waals surface area contributed by atoms with Crippen LogP contribution in [0.3, 0.4) is 0 Å². The number of anilines is 2. The second-order valence-corrected chi connectivity index (χ2v) is 6.74. The van der Waals surface area contributed by atoms with Crippen molar-refractivity contribution in [1.82, 2.24) is 0 Å². The average Bonchev–Trinajstić information content (AvgIpc) is 3.13. The van der Waals surface area contributed by atoms with Crippen LogP contribution in [-0.4, -0.2) is 24.9 Å². The van der Waals surface area contributed by atoms with Crippen LogP contribution in [0.25, 0.3) is 0 Å². The Bertz CT molecular complexity index is 566. The lowest BCUT2D eigenvalue weighted by Gasteiger charge is -2.06. The van der Waals surface area contributed by atoms with E-state index in [1.165, 1.54) is 18.4 Å². The van der Waals surface area contributed by atoms with E-state index in [0.29, 0.717) is 27.4 Å². The number of nitrogen functional groups attached to an aromatic ring is 1. The van der Waals surface area contributed by atoms with Crippen LogP contribution in [0.5, 0.6) is 0 Å². The maximum absolute atomic E-state index is 12.2. The molecule has 1 aromatic heterocycles. The van der Waals surface area contributed by atoms with Crippen molar-refractivity contribution < 1.29 is 14.3 Å². The lowest BCUT2D eigenvalue weighted by molar-refractivity contribution is 0.0603. The van der Waals surface area contributed by atoms with Crippen molar-refractivity contribution in [3.8, 4) is 0 Å². The highest BCUT2D eigenvalue weighted by atomic mass is 32.1. The van der Waals surface area contributed by atoms with Crippen LogP contribution >= 0.6 is 11.3 Å². The van der Waals surface area contributed by atoms with Crippen molar-refractivity contribution in [2.24, 2.45) is 11.8 Å². The summed E-state index contributed by atoms with van der Waals surface area (Å²) in [5.41, 5.74) is 6.57. The highest BCUT2D eigenvalue weighted by Crippen LogP contribution is 2.42. The molecule has 2 rings (SSSR count). The fourth-order valence-electron chi connectivity index (χ4n) is 2.34. The highest BCUT2D eigenvalue weighted by Gasteiger charge is 2.37. The van der Waals surface area contributed by atoms with Gasteiger partial charge in [-0.3, -0.25) is 4.79 Å². The molecule has 1 aromatic rings. The van der Waals surface area contributed by atoms with E-state index in [0.717, 1.165) is 12.8 Å². The van der Waals surface area contributed by atoms with Gasteiger partial charge in [0, 0.05) is 12.0 Å². The standard InChI is InChI=1S/C15H22N2O3S/c1-5-8-6-9(8)17-14-10(15(19)20-4)11(16)13(21-14)12(18)7(2)3/h7-9,17H,5-6,16H2,1-4H3. The summed E-state index contributed by atoms with van der Waals surface area (Å²) in [6, 6.07) is 0.360. The SMILES string of the molecule is CCC1CC1Nc1sc(C(=O)C(C)C)c(N)c1C(=O)OC. The van der Waals surface area contributed by atoms with Gasteiger partial charge in [-0.15, -0.1) is 11.3 Å². The fourth-order valence-corrected chi connectivity index (χ4v) is 3.60. The summed E-state index contributed by atoms with van der Waals surface area (Å²) >= 11 is 1.26. The molecule has 1 aliphatic carbocycles. The Hall–Kier alpha value is -1.56. The number of esters is 1. The molecule has 2 atom stereocenters. The first-order valence-electron chi connectivity index (χ1n) is 7.21. The van der Waals surface area contributed by atoms with Crippen molar-refractivity contribution in [1.29, 1.82) is 0 Å². The van der Waals surface area contributed by atoms with Gasteiger partial charge in [-0.05, 0) is 12.3 Å². The number of Topliss-reactive ketones (excluding diaryl/α,β-unsaturated/α-hetero) is 1. The summed E-state index contributed by atoms with van der Waals surface area (Å²) in [5.74, 6) is -0.0713. The molecule has 3 N–H and O–H groups in total. The van der Waals surface area contributed by atoms with Crippen LogP contribution in [0, 0.1) is 11.8 Å². The molecule has 0 aliphatic heterocycles. The molecule has 6 heteroatoms. The number of ketones is 1. The first-order valence-corrected chi connectivity index (χ1v) is 8.03. The molecule has 2 unspecified atom stereocenters. The van der Waals surface area contributed by atoms with Crippen LogP contribution in [0.1, 0.15) is 53.6 Å². The number of nitrogens with two attached hydrogens (primary N) is 1. The van der Waals surface area contributed by atoms with Crippen LogP contribution in [-0.2, 0) is 4.74 Å². The van der Waals surface area contributed by atoms with Crippen LogP contribution in [0.4, 0.5) is 10.7 Å². The Kier molecular flexibility index (Phi) is 4.56. The van der Waals surface area contributed by atoms with E-state index in [1.807, 2.05) is 13.8 Å². The van der Waals surface area contributed by atoms with E-state index in [4.69, 9.17) is 10.5 Å². The Labute approximate surface area is 128 Å². The van der Waals surface area contributed by atoms with E-state index >= 15 is 0 Å². The highest BCUT2D eigenvalue weighted by molar-refractivity contribution is 7.19. The fraction of sp³-hybridized carbons (Fsp3) is 0.600. The quantitative estimate of drug-likeness (QED) is 0.623. The Balaban J connectivity index is 2.35. The number of rotatable bonds is 6. The second kappa shape index (κ2) is 6.05. The lowest BCUT2D eigenvalue weighted by Crippen LogP contribution is -2.11. The number of thiophene rings is 1. The molecular weight excluding hydrogens is 288 g/mol. The molecule has 0 aromatic carbocycles. The minimum atomic E-state index is -0.497. The summed E-state index contributed by atoms with van der Waals surface area (Å²) in [7, 11) is 1.32. The van der Waals surface area contributed by atoms with Gasteiger partial charge < -0.3 is 15.8 Å². The van der Waals surface area contributed by atoms with E-state index in [9.17, 15) is 9.59 Å². The Morgan fingerprint density at radius 3 is 2.62 bits per heavy atom. The van der Waals surface area contributed by atoms with Crippen molar-refractivity contribution in [2.45, 2.75) is 39.7 Å². The number of hydrogen-bond donors (Lipinski definition) is 2. The largest absolute Gasteiger partial charge is 0.465 e. The smallest absolute Gasteiger partial charge is 0.343 e. The van der Waals surface area contributed by atoms with Crippen LogP contribution < -0.4 is 11.1 Å². The third kappa shape index (κ3) is 3.05. The zero-order chi connectivity index (χ0) is 15.7. The average molecular weight is 310 g/mol. The van der Waals surface area contributed by atoms with E-state index < -0.39 is 5.97 Å². The molecule has 1 saturated carbocycles. The second-order valence-electron chi connectivity index (χ2n) is 5.71. The first kappa shape index (κ1) is 15.8. The Morgan fingerprint density at radius 1 is 1.48 bits per heavy atom. The van der Waals surface area contributed by atoms with Gasteiger partial charge in [-0.2, -0.15) is 0 Å². The predicted octanol–water partition coefficient (Wildman–Crippen LogP) is 3.17. The molecule has 1 fully saturated rings. The summed E-state index contributed by atoms with van der Waals surface area (Å²) in [6.07, 6.45) is 2.19. The van der Waals surface area contributed by atoms with Crippen molar-refractivity contribution in [3.05, 3.63) is 10.4 Å². The lowest BCUT2D eigenvalue weighted by atomic mass is 10.1. The molecule has 21 heavy (non-hydrogen) atoms.